The Bertz CT molecular complexity index is 1110. The van der Waals surface area contributed by atoms with E-state index in [1.807, 2.05) is 19.1 Å². The van der Waals surface area contributed by atoms with Gasteiger partial charge in [-0.1, -0.05) is 18.2 Å². The van der Waals surface area contributed by atoms with Gasteiger partial charge >= 0.3 is 6.36 Å². The minimum Gasteiger partial charge on any atom is -0.404 e. The Morgan fingerprint density at radius 1 is 1.12 bits per heavy atom. The van der Waals surface area contributed by atoms with Crippen LogP contribution in [0.25, 0.3) is 0 Å². The number of benzene rings is 1. The largest absolute Gasteiger partial charge is 0.573 e. The first-order chi connectivity index (χ1) is 15.5. The lowest BCUT2D eigenvalue weighted by Gasteiger charge is -2.41. The lowest BCUT2D eigenvalue weighted by Crippen LogP contribution is -2.55. The lowest BCUT2D eigenvalue weighted by molar-refractivity contribution is -0.275. The van der Waals surface area contributed by atoms with Crippen LogP contribution in [0.15, 0.2) is 47.5 Å². The van der Waals surface area contributed by atoms with Crippen LogP contribution in [-0.2, 0) is 14.6 Å². The van der Waals surface area contributed by atoms with Crippen LogP contribution in [-0.4, -0.2) is 61.5 Å². The molecule has 1 amide bonds. The highest BCUT2D eigenvalue weighted by molar-refractivity contribution is 7.91. The molecule has 2 bridgehead atoms. The number of alkyl halides is 3. The fourth-order valence-electron chi connectivity index (χ4n) is 4.50. The zero-order valence-electron chi connectivity index (χ0n) is 18.0. The second kappa shape index (κ2) is 8.85. The normalized spacial score (nSPS) is 20.7. The lowest BCUT2D eigenvalue weighted by atomic mass is 10.1. The number of rotatable bonds is 6. The quantitative estimate of drug-likeness (QED) is 0.627. The molecule has 0 saturated carbocycles. The number of aromatic nitrogens is 1. The number of halogens is 3. The van der Waals surface area contributed by atoms with E-state index in [0.29, 0.717) is 13.1 Å². The molecule has 7 nitrogen and oxygen atoms in total. The summed E-state index contributed by atoms with van der Waals surface area (Å²) in [7, 11) is -4.16. The highest BCUT2D eigenvalue weighted by Crippen LogP contribution is 2.34. The van der Waals surface area contributed by atoms with Crippen molar-refractivity contribution in [3.05, 3.63) is 48.2 Å². The van der Waals surface area contributed by atoms with Gasteiger partial charge in [-0.2, -0.15) is 0 Å². The van der Waals surface area contributed by atoms with Crippen LogP contribution < -0.4 is 9.64 Å². The van der Waals surface area contributed by atoms with Gasteiger partial charge in [0.05, 0.1) is 5.75 Å². The van der Waals surface area contributed by atoms with E-state index in [0.717, 1.165) is 36.4 Å². The summed E-state index contributed by atoms with van der Waals surface area (Å²) >= 11 is 0. The zero-order valence-corrected chi connectivity index (χ0v) is 18.8. The summed E-state index contributed by atoms with van der Waals surface area (Å²) in [4.78, 5) is 20.6. The molecule has 0 spiro atoms. The Hall–Kier alpha value is -2.82. The van der Waals surface area contributed by atoms with Crippen LogP contribution in [0.5, 0.6) is 5.75 Å². The van der Waals surface area contributed by atoms with E-state index in [4.69, 9.17) is 0 Å². The Labute approximate surface area is 190 Å². The zero-order chi connectivity index (χ0) is 23.8. The molecule has 0 aliphatic carbocycles. The van der Waals surface area contributed by atoms with Crippen LogP contribution in [0.4, 0.5) is 19.0 Å². The number of amides is 1. The van der Waals surface area contributed by atoms with Crippen molar-refractivity contribution in [1.82, 2.24) is 9.88 Å². The van der Waals surface area contributed by atoms with Gasteiger partial charge in [0.1, 0.15) is 16.5 Å². The highest BCUT2D eigenvalue weighted by Gasteiger charge is 2.42. The third kappa shape index (κ3) is 5.23. The van der Waals surface area contributed by atoms with E-state index in [1.54, 1.807) is 11.1 Å². The number of hydrogen-bond donors (Lipinski definition) is 0. The van der Waals surface area contributed by atoms with Crippen molar-refractivity contribution in [2.24, 2.45) is 0 Å². The molecule has 2 aliphatic rings. The number of piperazine rings is 1. The highest BCUT2D eigenvalue weighted by atomic mass is 32.2. The fraction of sp³-hybridized carbons (Fsp3) is 0.455. The molecule has 2 unspecified atom stereocenters. The number of carbonyl (C=O) groups excluding carboxylic acids is 1. The average molecular weight is 484 g/mol. The van der Waals surface area contributed by atoms with Gasteiger partial charge < -0.3 is 14.5 Å². The number of carbonyl (C=O) groups is 1. The van der Waals surface area contributed by atoms with Gasteiger partial charge in [-0.3, -0.25) is 4.79 Å². The van der Waals surface area contributed by atoms with Gasteiger partial charge in [0.25, 0.3) is 0 Å². The predicted molar refractivity (Wildman–Crippen MR) is 115 cm³/mol. The summed E-state index contributed by atoms with van der Waals surface area (Å²) in [6, 6.07) is 8.71. The van der Waals surface area contributed by atoms with E-state index in [-0.39, 0.29) is 24.4 Å². The molecule has 2 aromatic rings. The Morgan fingerprint density at radius 2 is 1.79 bits per heavy atom. The number of sulfone groups is 1. The third-order valence-electron chi connectivity index (χ3n) is 5.99. The van der Waals surface area contributed by atoms with Gasteiger partial charge in [0.15, 0.2) is 9.84 Å². The van der Waals surface area contributed by atoms with Crippen LogP contribution in [0.2, 0.25) is 0 Å². The van der Waals surface area contributed by atoms with Gasteiger partial charge in [0, 0.05) is 37.8 Å². The number of anilines is 1. The molecule has 4 rings (SSSR count). The second-order valence-corrected chi connectivity index (χ2v) is 10.4. The molecule has 11 heteroatoms. The van der Waals surface area contributed by atoms with Crippen molar-refractivity contribution in [2.75, 3.05) is 23.7 Å². The molecular formula is C22H24F3N3O4S. The number of likely N-dealkylation sites (tertiary alicyclic amines) is 1. The number of ether oxygens (including phenoxy) is 1. The van der Waals surface area contributed by atoms with Crippen LogP contribution in [0, 0.1) is 6.92 Å². The molecule has 178 valence electrons. The van der Waals surface area contributed by atoms with Crippen molar-refractivity contribution < 1.29 is 31.1 Å². The first-order valence-electron chi connectivity index (χ1n) is 10.6. The van der Waals surface area contributed by atoms with E-state index in [2.05, 4.69) is 14.6 Å². The van der Waals surface area contributed by atoms with E-state index in [1.165, 1.54) is 12.1 Å². The number of para-hydroxylation sites is 1. The maximum atomic E-state index is 12.8. The Morgan fingerprint density at radius 3 is 2.39 bits per heavy atom. The van der Waals surface area contributed by atoms with Gasteiger partial charge in [-0.15, -0.1) is 13.2 Å². The standard InChI is InChI=1S/C22H24F3N3O4S/c1-15-6-9-20(26-12-15)28-16-7-8-17(28)14-27(13-16)21(29)10-11-33(30,31)19-5-3-2-4-18(19)32-22(23,24)25/h2-6,9,12,16-17H,7-8,10-11,13-14H2,1H3. The molecule has 2 saturated heterocycles. The Balaban J connectivity index is 1.41. The van der Waals surface area contributed by atoms with Crippen LogP contribution >= 0.6 is 0 Å². The van der Waals surface area contributed by atoms with Crippen LogP contribution in [0.1, 0.15) is 24.8 Å². The van der Waals surface area contributed by atoms with Crippen molar-refractivity contribution in [1.29, 1.82) is 0 Å². The van der Waals surface area contributed by atoms with Crippen molar-refractivity contribution in [3.8, 4) is 5.75 Å². The fourth-order valence-corrected chi connectivity index (χ4v) is 5.86. The SMILES string of the molecule is Cc1ccc(N2C3CCC2CN(C(=O)CCS(=O)(=O)c2ccccc2OC(F)(F)F)C3)nc1. The predicted octanol–water partition coefficient (Wildman–Crippen LogP) is 3.33. The second-order valence-electron chi connectivity index (χ2n) is 8.35. The molecule has 0 N–H and O–H groups in total. The number of hydrogen-bond acceptors (Lipinski definition) is 6. The summed E-state index contributed by atoms with van der Waals surface area (Å²) in [6.07, 6.45) is -1.72. The minimum atomic E-state index is -5.02. The summed E-state index contributed by atoms with van der Waals surface area (Å²) in [6.45, 7) is 2.88. The average Bonchev–Trinajstić information content (AvgIpc) is 3.01. The smallest absolute Gasteiger partial charge is 0.404 e. The molecule has 33 heavy (non-hydrogen) atoms. The third-order valence-corrected chi connectivity index (χ3v) is 7.74. The number of nitrogens with zero attached hydrogens (tertiary/aromatic N) is 3. The molecule has 0 radical (unpaired) electrons. The maximum Gasteiger partial charge on any atom is 0.573 e. The summed E-state index contributed by atoms with van der Waals surface area (Å²) in [5.74, 6) is -0.862. The monoisotopic (exact) mass is 483 g/mol. The maximum absolute atomic E-state index is 12.8. The Kier molecular flexibility index (Phi) is 6.26. The molecule has 3 heterocycles. The number of fused-ring (bicyclic) bond motifs is 2. The summed E-state index contributed by atoms with van der Waals surface area (Å²) < 4.78 is 67.1. The summed E-state index contributed by atoms with van der Waals surface area (Å²) in [5.41, 5.74) is 1.06. The van der Waals surface area contributed by atoms with Crippen molar-refractivity contribution in [3.63, 3.8) is 0 Å². The summed E-state index contributed by atoms with van der Waals surface area (Å²) in [5, 5.41) is 0. The van der Waals surface area contributed by atoms with Crippen LogP contribution in [0.3, 0.4) is 0 Å². The molecule has 2 atom stereocenters. The molecule has 1 aromatic heterocycles. The minimum absolute atomic E-state index is 0.0976. The van der Waals surface area contributed by atoms with Crippen molar-refractivity contribution >= 4 is 21.6 Å². The van der Waals surface area contributed by atoms with Crippen molar-refractivity contribution in [2.45, 2.75) is 49.5 Å². The molecular weight excluding hydrogens is 459 g/mol. The first-order valence-corrected chi connectivity index (χ1v) is 12.2. The van der Waals surface area contributed by atoms with Gasteiger partial charge in [0.2, 0.25) is 5.91 Å². The molecule has 1 aromatic carbocycles. The molecule has 2 fully saturated rings. The topological polar surface area (TPSA) is 79.8 Å². The number of pyridine rings is 1. The van der Waals surface area contributed by atoms with E-state index >= 15 is 0 Å². The number of aryl methyl sites for hydroxylation is 1. The van der Waals surface area contributed by atoms with E-state index in [9.17, 15) is 26.4 Å². The van der Waals surface area contributed by atoms with Gasteiger partial charge in [-0.05, 0) is 43.5 Å². The van der Waals surface area contributed by atoms with Gasteiger partial charge in [-0.25, -0.2) is 13.4 Å². The van der Waals surface area contributed by atoms with E-state index < -0.39 is 32.6 Å². The molecule has 2 aliphatic heterocycles. The first kappa shape index (κ1) is 23.3.